The van der Waals surface area contributed by atoms with Gasteiger partial charge < -0.3 is 35.6 Å². The molecule has 364 valence electrons. The van der Waals surface area contributed by atoms with Crippen LogP contribution in [-0.4, -0.2) is 86.8 Å². The van der Waals surface area contributed by atoms with E-state index in [9.17, 15) is 30.3 Å². The molecule has 1 rings (SSSR count). The first-order valence-corrected chi connectivity index (χ1v) is 26.3. The van der Waals surface area contributed by atoms with Crippen molar-refractivity contribution in [2.75, 3.05) is 6.54 Å². The topological polar surface area (TPSA) is 188 Å². The molecule has 11 heteroatoms. The van der Waals surface area contributed by atoms with Gasteiger partial charge >= 0.3 is 0 Å². The smallest absolute Gasteiger partial charge is 0.220 e. The summed E-state index contributed by atoms with van der Waals surface area (Å²) in [5, 5.41) is 59.9. The summed E-state index contributed by atoms with van der Waals surface area (Å²) in [6.45, 7) is 4.28. The van der Waals surface area contributed by atoms with Crippen LogP contribution in [0.25, 0.3) is 10.4 Å². The lowest BCUT2D eigenvalue weighted by Gasteiger charge is -2.39. The lowest BCUT2D eigenvalue weighted by molar-refractivity contribution is -0.206. The lowest BCUT2D eigenvalue weighted by Crippen LogP contribution is -2.57. The highest BCUT2D eigenvalue weighted by Gasteiger charge is 2.42. The van der Waals surface area contributed by atoms with Gasteiger partial charge in [-0.15, -0.1) is 0 Å². The number of hydrogen-bond acceptors (Lipinski definition) is 8. The Labute approximate surface area is 379 Å². The van der Waals surface area contributed by atoms with Gasteiger partial charge in [-0.1, -0.05) is 249 Å². The van der Waals surface area contributed by atoms with Crippen LogP contribution in [0.2, 0.25) is 0 Å². The molecule has 1 unspecified atom stereocenters. The highest BCUT2D eigenvalue weighted by Crippen LogP contribution is 2.24. The molecule has 0 aliphatic carbocycles. The molecule has 11 nitrogen and oxygen atoms in total. The van der Waals surface area contributed by atoms with Gasteiger partial charge in [-0.2, -0.15) is 0 Å². The monoisotopic (exact) mass is 879 g/mol. The minimum atomic E-state index is -1.55. The molecule has 1 aliphatic rings. The first-order chi connectivity index (χ1) is 30.3. The van der Waals surface area contributed by atoms with Crippen LogP contribution < -0.4 is 5.32 Å². The average molecular weight is 879 g/mol. The van der Waals surface area contributed by atoms with Gasteiger partial charge in [0.15, 0.2) is 0 Å². The van der Waals surface area contributed by atoms with Crippen molar-refractivity contribution in [2.45, 2.75) is 300 Å². The third kappa shape index (κ3) is 31.2. The molecular weight excluding hydrogens is 781 g/mol. The molecule has 1 fully saturated rings. The van der Waals surface area contributed by atoms with E-state index < -0.39 is 48.8 Å². The van der Waals surface area contributed by atoms with E-state index in [1.807, 2.05) is 0 Å². The molecule has 0 spiro atoms. The normalized spacial score (nSPS) is 20.6. The summed E-state index contributed by atoms with van der Waals surface area (Å²) < 4.78 is 5.74. The van der Waals surface area contributed by atoms with Gasteiger partial charge in [-0.05, 0) is 18.4 Å². The molecule has 0 aromatic rings. The van der Waals surface area contributed by atoms with Crippen LogP contribution in [0.15, 0.2) is 17.3 Å². The summed E-state index contributed by atoms with van der Waals surface area (Å²) in [6.07, 6.45) is 39.0. The van der Waals surface area contributed by atoms with Crippen molar-refractivity contribution in [1.82, 2.24) is 5.32 Å². The van der Waals surface area contributed by atoms with Gasteiger partial charge in [0.25, 0.3) is 0 Å². The minimum Gasteiger partial charge on any atom is -0.390 e. The number of ether oxygens (including phenoxy) is 1. The molecule has 0 bridgehead atoms. The predicted molar refractivity (Wildman–Crippen MR) is 256 cm³/mol. The summed E-state index contributed by atoms with van der Waals surface area (Å²) in [4.78, 5) is 15.8. The molecule has 0 aromatic heterocycles. The maximum Gasteiger partial charge on any atom is 0.220 e. The number of hydrogen-bond donors (Lipinski definition) is 6. The summed E-state index contributed by atoms with van der Waals surface area (Å²) in [6, 6.07) is -0.963. The third-order valence-electron chi connectivity index (χ3n) is 13.0. The third-order valence-corrected chi connectivity index (χ3v) is 13.0. The number of aliphatic hydroxyl groups is 5. The zero-order valence-electron chi connectivity index (χ0n) is 40.0. The Hall–Kier alpha value is -1.72. The summed E-state index contributed by atoms with van der Waals surface area (Å²) >= 11 is 0. The molecule has 1 aliphatic heterocycles. The first-order valence-electron chi connectivity index (χ1n) is 26.3. The van der Waals surface area contributed by atoms with Crippen molar-refractivity contribution in [3.05, 3.63) is 22.6 Å². The second-order valence-electron chi connectivity index (χ2n) is 18.8. The Morgan fingerprint density at radius 2 is 0.952 bits per heavy atom. The van der Waals surface area contributed by atoms with Gasteiger partial charge in [-0.25, -0.2) is 0 Å². The molecule has 1 saturated heterocycles. The summed E-state index contributed by atoms with van der Waals surface area (Å²) in [5.74, 6) is -0.235. The molecular formula is C51H98N4O7. The number of carbonyl (C=O) groups is 1. The van der Waals surface area contributed by atoms with Crippen LogP contribution in [0.3, 0.4) is 0 Å². The van der Waals surface area contributed by atoms with Crippen LogP contribution in [0, 0.1) is 0 Å². The largest absolute Gasteiger partial charge is 0.390 e. The number of amides is 1. The molecule has 6 N–H and O–H groups in total. The van der Waals surface area contributed by atoms with E-state index in [1.54, 1.807) is 0 Å². The van der Waals surface area contributed by atoms with Gasteiger partial charge in [0.2, 0.25) is 5.91 Å². The van der Waals surface area contributed by atoms with Crippen molar-refractivity contribution < 1.29 is 35.1 Å². The highest BCUT2D eigenvalue weighted by atomic mass is 16.5. The SMILES string of the molecule is CCCCCCCCCCCCCCCCCCCCCCCCCC(=O)NC(/C=C/[C@H]1O[C@H](CN=[N+]=[N-])[C@H](O)[C@H](O)[C@H]1O)[C@H](O)[C@H](O)CCCCCCCCCCCCCC. The fraction of sp³-hybridized carbons (Fsp3) is 0.941. The van der Waals surface area contributed by atoms with E-state index in [4.69, 9.17) is 10.3 Å². The van der Waals surface area contributed by atoms with Crippen molar-refractivity contribution in [1.29, 1.82) is 0 Å². The van der Waals surface area contributed by atoms with Crippen molar-refractivity contribution in [3.8, 4) is 0 Å². The van der Waals surface area contributed by atoms with E-state index in [1.165, 1.54) is 198 Å². The molecule has 0 saturated carbocycles. The maximum atomic E-state index is 13.1. The summed E-state index contributed by atoms with van der Waals surface area (Å²) in [7, 11) is 0. The average Bonchev–Trinajstić information content (AvgIpc) is 3.27. The Morgan fingerprint density at radius 3 is 1.34 bits per heavy atom. The molecule has 0 aromatic carbocycles. The van der Waals surface area contributed by atoms with Gasteiger partial charge in [0.05, 0.1) is 24.8 Å². The summed E-state index contributed by atoms with van der Waals surface area (Å²) in [5.41, 5.74) is 8.73. The Morgan fingerprint density at radius 1 is 0.581 bits per heavy atom. The molecule has 8 atom stereocenters. The number of unbranched alkanes of at least 4 members (excludes halogenated alkanes) is 33. The minimum absolute atomic E-state index is 0.235. The number of carbonyl (C=O) groups excluding carboxylic acids is 1. The Balaban J connectivity index is 2.36. The van der Waals surface area contributed by atoms with E-state index >= 15 is 0 Å². The van der Waals surface area contributed by atoms with Crippen LogP contribution in [0.1, 0.15) is 251 Å². The standard InChI is InChI=1S/C51H98N4O7/c1-3-5-7-9-11-13-15-17-18-19-20-21-22-23-24-25-26-27-29-31-33-35-37-39-47(57)54-43(40-41-45-49(59)51(61)50(60)46(62-45)42-53-55-52)48(58)44(56)38-36-34-32-30-28-16-14-12-10-8-6-4-2/h40-41,43-46,48-51,56,58-61H,3-39,42H2,1-2H3,(H,54,57)/b41-40+/t43?,44-,45-,46-,48+,49+,50+,51-/m1/s1. The fourth-order valence-corrected chi connectivity index (χ4v) is 8.82. The van der Waals surface area contributed by atoms with E-state index in [0.29, 0.717) is 12.8 Å². The number of nitrogens with one attached hydrogen (secondary N) is 1. The van der Waals surface area contributed by atoms with Crippen molar-refractivity contribution in [3.63, 3.8) is 0 Å². The zero-order valence-corrected chi connectivity index (χ0v) is 40.0. The lowest BCUT2D eigenvalue weighted by atomic mass is 9.93. The van der Waals surface area contributed by atoms with Crippen LogP contribution in [0.5, 0.6) is 0 Å². The predicted octanol–water partition coefficient (Wildman–Crippen LogP) is 12.4. The van der Waals surface area contributed by atoms with E-state index in [-0.39, 0.29) is 12.5 Å². The Kier molecular flexibility index (Phi) is 39.4. The second-order valence-corrected chi connectivity index (χ2v) is 18.8. The second kappa shape index (κ2) is 41.9. The first kappa shape index (κ1) is 58.3. The number of nitrogens with zero attached hydrogens (tertiary/aromatic N) is 3. The van der Waals surface area contributed by atoms with Crippen molar-refractivity contribution >= 4 is 5.91 Å². The number of rotatable bonds is 44. The molecule has 0 radical (unpaired) electrons. The van der Waals surface area contributed by atoms with Crippen LogP contribution in [-0.2, 0) is 9.53 Å². The maximum absolute atomic E-state index is 13.1. The highest BCUT2D eigenvalue weighted by molar-refractivity contribution is 5.76. The van der Waals surface area contributed by atoms with E-state index in [2.05, 4.69) is 29.2 Å². The van der Waals surface area contributed by atoms with Crippen molar-refractivity contribution in [2.24, 2.45) is 5.11 Å². The molecule has 62 heavy (non-hydrogen) atoms. The van der Waals surface area contributed by atoms with E-state index in [0.717, 1.165) is 38.5 Å². The van der Waals surface area contributed by atoms with Gasteiger partial charge in [0, 0.05) is 11.3 Å². The quantitative estimate of drug-likeness (QED) is 0.0115. The van der Waals surface area contributed by atoms with Crippen LogP contribution in [0.4, 0.5) is 0 Å². The van der Waals surface area contributed by atoms with Gasteiger partial charge in [0.1, 0.15) is 30.5 Å². The van der Waals surface area contributed by atoms with Gasteiger partial charge in [-0.3, -0.25) is 4.79 Å². The molecule has 1 heterocycles. The fourth-order valence-electron chi connectivity index (χ4n) is 8.82. The zero-order chi connectivity index (χ0) is 45.3. The Bertz CT molecular complexity index is 1090. The number of aliphatic hydroxyl groups excluding tert-OH is 5. The number of azide groups is 1. The van der Waals surface area contributed by atoms with Crippen LogP contribution >= 0.6 is 0 Å². The molecule has 1 amide bonds.